The van der Waals surface area contributed by atoms with Crippen LogP contribution >= 0.6 is 0 Å². The predicted octanol–water partition coefficient (Wildman–Crippen LogP) is 1.15. The highest BCUT2D eigenvalue weighted by molar-refractivity contribution is 6.58. The molecule has 1 fully saturated rings. The van der Waals surface area contributed by atoms with Gasteiger partial charge in [0, 0.05) is 32.5 Å². The zero-order valence-corrected chi connectivity index (χ0v) is 24.4. The van der Waals surface area contributed by atoms with Crippen molar-refractivity contribution in [3.8, 4) is 0 Å². The molecule has 1 aliphatic heterocycles. The molecule has 0 spiro atoms. The van der Waals surface area contributed by atoms with Gasteiger partial charge in [0.05, 0.1) is 19.6 Å². The molecule has 11 heteroatoms. The summed E-state index contributed by atoms with van der Waals surface area (Å²) < 4.78 is 16.6. The Hall–Kier alpha value is -2.47. The van der Waals surface area contributed by atoms with E-state index in [1.54, 1.807) is 72.9 Å². The Kier molecular flexibility index (Phi) is 12.0. The molecule has 2 N–H and O–H groups in total. The molecule has 0 saturated carbocycles. The Morgan fingerprint density at radius 2 is 1.67 bits per heavy atom. The maximum absolute atomic E-state index is 13.9. The number of morpholine rings is 1. The Bertz CT molecular complexity index is 967. The SMILES string of the molecule is CN(C(=O)[C@H](CCN1CCOCC1)CC(=O)OC(C)(C)C)[C@@H](Cc1cccc(B(O)O)c1)C(=O)OC(C)(C)C. The summed E-state index contributed by atoms with van der Waals surface area (Å²) in [6.07, 6.45) is 0.397. The van der Waals surface area contributed by atoms with Gasteiger partial charge in [0.25, 0.3) is 0 Å². The van der Waals surface area contributed by atoms with Gasteiger partial charge >= 0.3 is 19.1 Å². The third kappa shape index (κ3) is 11.7. The van der Waals surface area contributed by atoms with Crippen molar-refractivity contribution in [1.29, 1.82) is 0 Å². The average molecular weight is 548 g/mol. The Balaban J connectivity index is 2.31. The highest BCUT2D eigenvalue weighted by Crippen LogP contribution is 2.22. The number of hydrogen-bond donors (Lipinski definition) is 2. The van der Waals surface area contributed by atoms with Crippen LogP contribution in [0.4, 0.5) is 0 Å². The first-order chi connectivity index (χ1) is 18.1. The van der Waals surface area contributed by atoms with Crippen LogP contribution in [0, 0.1) is 5.92 Å². The number of esters is 2. The fraction of sp³-hybridized carbons (Fsp3) is 0.679. The molecule has 0 aliphatic carbocycles. The van der Waals surface area contributed by atoms with E-state index in [0.29, 0.717) is 31.7 Å². The highest BCUT2D eigenvalue weighted by Gasteiger charge is 2.36. The smallest absolute Gasteiger partial charge is 0.460 e. The van der Waals surface area contributed by atoms with Gasteiger partial charge in [0.1, 0.15) is 17.2 Å². The van der Waals surface area contributed by atoms with E-state index in [1.807, 2.05) is 0 Å². The van der Waals surface area contributed by atoms with Crippen LogP contribution in [0.25, 0.3) is 0 Å². The van der Waals surface area contributed by atoms with Crippen LogP contribution in [-0.2, 0) is 35.0 Å². The molecule has 39 heavy (non-hydrogen) atoms. The van der Waals surface area contributed by atoms with Gasteiger partial charge in [-0.05, 0) is 65.5 Å². The first-order valence-electron chi connectivity index (χ1n) is 13.5. The third-order valence-corrected chi connectivity index (χ3v) is 6.25. The molecule has 1 saturated heterocycles. The van der Waals surface area contributed by atoms with Gasteiger partial charge in [-0.15, -0.1) is 0 Å². The minimum atomic E-state index is -1.66. The van der Waals surface area contributed by atoms with Gasteiger partial charge < -0.3 is 29.2 Å². The fourth-order valence-electron chi connectivity index (χ4n) is 4.35. The van der Waals surface area contributed by atoms with Crippen LogP contribution in [0.5, 0.6) is 0 Å². The molecular weight excluding hydrogens is 503 g/mol. The van der Waals surface area contributed by atoms with E-state index in [-0.39, 0.29) is 24.2 Å². The van der Waals surface area contributed by atoms with E-state index < -0.39 is 42.2 Å². The summed E-state index contributed by atoms with van der Waals surface area (Å²) in [5.41, 5.74) is -0.567. The summed E-state index contributed by atoms with van der Waals surface area (Å²) >= 11 is 0. The van der Waals surface area contributed by atoms with Gasteiger partial charge in [0.15, 0.2) is 0 Å². The third-order valence-electron chi connectivity index (χ3n) is 6.25. The van der Waals surface area contributed by atoms with Gasteiger partial charge in [-0.3, -0.25) is 14.5 Å². The number of likely N-dealkylation sites (N-methyl/N-ethyl adjacent to an activating group) is 1. The van der Waals surface area contributed by atoms with Crippen LogP contribution < -0.4 is 5.46 Å². The Labute approximate surface area is 232 Å². The van der Waals surface area contributed by atoms with Gasteiger partial charge in [-0.25, -0.2) is 4.79 Å². The summed E-state index contributed by atoms with van der Waals surface area (Å²) in [5, 5.41) is 19.2. The Morgan fingerprint density at radius 3 is 2.23 bits per heavy atom. The van der Waals surface area contributed by atoms with Crippen LogP contribution in [0.1, 0.15) is 59.9 Å². The molecule has 1 aliphatic rings. The van der Waals surface area contributed by atoms with E-state index in [0.717, 1.165) is 13.1 Å². The van der Waals surface area contributed by atoms with Crippen molar-refractivity contribution in [3.05, 3.63) is 29.8 Å². The zero-order valence-electron chi connectivity index (χ0n) is 24.4. The standard InChI is InChI=1S/C28H45BN2O8/c1-27(2,3)38-24(32)19-21(11-12-31-13-15-37-16-14-31)25(33)30(7)23(26(34)39-28(4,5)6)18-20-9-8-10-22(17-20)29(35)36/h8-10,17,21,23,35-36H,11-16,18-19H2,1-7H3/t21-,23+/m1/s1. The molecule has 0 radical (unpaired) electrons. The molecule has 1 amide bonds. The quantitative estimate of drug-likeness (QED) is 0.309. The summed E-state index contributed by atoms with van der Waals surface area (Å²) in [6, 6.07) is 5.56. The topological polar surface area (TPSA) is 126 Å². The van der Waals surface area contributed by atoms with Gasteiger partial charge in [-0.2, -0.15) is 0 Å². The van der Waals surface area contributed by atoms with Crippen LogP contribution in [0.2, 0.25) is 0 Å². The predicted molar refractivity (Wildman–Crippen MR) is 148 cm³/mol. The van der Waals surface area contributed by atoms with Crippen LogP contribution in [0.15, 0.2) is 24.3 Å². The van der Waals surface area contributed by atoms with Crippen molar-refractivity contribution in [1.82, 2.24) is 9.80 Å². The second-order valence-corrected chi connectivity index (χ2v) is 12.1. The lowest BCUT2D eigenvalue weighted by Gasteiger charge is -2.33. The minimum Gasteiger partial charge on any atom is -0.460 e. The summed E-state index contributed by atoms with van der Waals surface area (Å²) in [5.74, 6) is -2.13. The van der Waals surface area contributed by atoms with Crippen molar-refractivity contribution < 1.29 is 38.6 Å². The van der Waals surface area contributed by atoms with E-state index in [2.05, 4.69) is 4.90 Å². The first kappa shape index (κ1) is 32.7. The zero-order chi connectivity index (χ0) is 29.4. The summed E-state index contributed by atoms with van der Waals surface area (Å²) in [7, 11) is -0.124. The number of hydrogen-bond acceptors (Lipinski definition) is 9. The second kappa shape index (κ2) is 14.3. The van der Waals surface area contributed by atoms with E-state index >= 15 is 0 Å². The van der Waals surface area contributed by atoms with Crippen molar-refractivity contribution in [2.24, 2.45) is 5.92 Å². The molecule has 0 bridgehead atoms. The summed E-state index contributed by atoms with van der Waals surface area (Å²) in [4.78, 5) is 43.5. The Morgan fingerprint density at radius 1 is 1.05 bits per heavy atom. The lowest BCUT2D eigenvalue weighted by atomic mass is 9.79. The molecule has 1 aromatic rings. The number of nitrogens with zero attached hydrogens (tertiary/aromatic N) is 2. The first-order valence-corrected chi connectivity index (χ1v) is 13.5. The maximum atomic E-state index is 13.9. The average Bonchev–Trinajstić information content (AvgIpc) is 2.82. The van der Waals surface area contributed by atoms with Crippen molar-refractivity contribution in [2.75, 3.05) is 39.9 Å². The van der Waals surface area contributed by atoms with Gasteiger partial charge in [0.2, 0.25) is 5.91 Å². The normalized spacial score (nSPS) is 16.2. The van der Waals surface area contributed by atoms with Crippen molar-refractivity contribution >= 4 is 30.4 Å². The lowest BCUT2D eigenvalue weighted by molar-refractivity contribution is -0.165. The fourth-order valence-corrected chi connectivity index (χ4v) is 4.35. The largest absolute Gasteiger partial charge is 0.488 e. The number of rotatable bonds is 11. The number of amides is 1. The molecule has 2 rings (SSSR count). The van der Waals surface area contributed by atoms with E-state index in [4.69, 9.17) is 14.2 Å². The number of ether oxygens (including phenoxy) is 3. The highest BCUT2D eigenvalue weighted by atomic mass is 16.6. The van der Waals surface area contributed by atoms with Crippen LogP contribution in [0.3, 0.4) is 0 Å². The molecule has 218 valence electrons. The molecule has 0 unspecified atom stereocenters. The summed E-state index contributed by atoms with van der Waals surface area (Å²) in [6.45, 7) is 13.9. The second-order valence-electron chi connectivity index (χ2n) is 12.1. The van der Waals surface area contributed by atoms with Gasteiger partial charge in [-0.1, -0.05) is 24.3 Å². The molecule has 0 aromatic heterocycles. The lowest BCUT2D eigenvalue weighted by Crippen LogP contribution is -2.49. The van der Waals surface area contributed by atoms with E-state index in [9.17, 15) is 24.4 Å². The minimum absolute atomic E-state index is 0.0976. The molecule has 10 nitrogen and oxygen atoms in total. The number of carbonyl (C=O) groups excluding carboxylic acids is 3. The van der Waals surface area contributed by atoms with Crippen molar-refractivity contribution in [2.45, 2.75) is 78.0 Å². The van der Waals surface area contributed by atoms with Crippen LogP contribution in [-0.4, -0.2) is 102 Å². The number of carbonyl (C=O) groups is 3. The monoisotopic (exact) mass is 548 g/mol. The molecule has 2 atom stereocenters. The molecular formula is C28H45BN2O8. The number of benzene rings is 1. The molecule has 1 aromatic carbocycles. The van der Waals surface area contributed by atoms with E-state index in [1.165, 1.54) is 4.90 Å². The molecule has 1 heterocycles. The maximum Gasteiger partial charge on any atom is 0.488 e. The van der Waals surface area contributed by atoms with Crippen molar-refractivity contribution in [3.63, 3.8) is 0 Å².